The summed E-state index contributed by atoms with van der Waals surface area (Å²) >= 11 is 13.6. The molecule has 4 N–H and O–H groups in total. The summed E-state index contributed by atoms with van der Waals surface area (Å²) in [7, 11) is 0. The predicted octanol–water partition coefficient (Wildman–Crippen LogP) is 3.20. The van der Waals surface area contributed by atoms with Crippen molar-refractivity contribution in [1.29, 1.82) is 0 Å². The highest BCUT2D eigenvalue weighted by Gasteiger charge is 2.12. The molecule has 0 bridgehead atoms. The minimum Gasteiger partial charge on any atom is -0.329 e. The molecule has 1 heterocycles. The minimum atomic E-state index is -0.296. The molecule has 7 heteroatoms. The number of rotatable bonds is 4. The lowest BCUT2D eigenvalue weighted by atomic mass is 10.2. The molecule has 2 aromatic rings. The first-order valence-corrected chi connectivity index (χ1v) is 7.51. The lowest BCUT2D eigenvalue weighted by molar-refractivity contribution is 0.694. The summed E-state index contributed by atoms with van der Waals surface area (Å²) in [4.78, 5) is 9.64. The maximum atomic E-state index is 6.16. The van der Waals surface area contributed by atoms with Crippen molar-refractivity contribution < 1.29 is 0 Å². The first-order valence-electron chi connectivity index (χ1n) is 5.94. The highest BCUT2D eigenvalue weighted by atomic mass is 35.5. The van der Waals surface area contributed by atoms with Gasteiger partial charge in [0.15, 0.2) is 0 Å². The Morgan fingerprint density at radius 3 is 2.75 bits per heavy atom. The van der Waals surface area contributed by atoms with Crippen LogP contribution in [0.15, 0.2) is 34.3 Å². The van der Waals surface area contributed by atoms with Crippen molar-refractivity contribution in [2.24, 2.45) is 11.5 Å². The number of benzene rings is 1. The van der Waals surface area contributed by atoms with E-state index in [0.717, 1.165) is 15.6 Å². The Morgan fingerprint density at radius 1 is 1.35 bits per heavy atom. The quantitative estimate of drug-likeness (QED) is 0.901. The van der Waals surface area contributed by atoms with Crippen molar-refractivity contribution in [3.8, 4) is 0 Å². The maximum Gasteiger partial charge on any atom is 0.122 e. The number of hydrogen-bond donors (Lipinski definition) is 2. The van der Waals surface area contributed by atoms with Crippen molar-refractivity contribution in [1.82, 2.24) is 9.97 Å². The molecule has 0 amide bonds. The van der Waals surface area contributed by atoms with Gasteiger partial charge in [0.25, 0.3) is 0 Å². The second kappa shape index (κ2) is 6.74. The summed E-state index contributed by atoms with van der Waals surface area (Å²) in [5, 5.41) is 1.80. The molecule has 1 aromatic carbocycles. The molecule has 0 fully saturated rings. The molecule has 1 atom stereocenters. The van der Waals surface area contributed by atoms with Gasteiger partial charge >= 0.3 is 0 Å². The van der Waals surface area contributed by atoms with Crippen molar-refractivity contribution >= 4 is 35.0 Å². The second-order valence-corrected chi connectivity index (χ2v) is 6.00. The molecule has 20 heavy (non-hydrogen) atoms. The molecule has 0 spiro atoms. The molecule has 106 valence electrons. The van der Waals surface area contributed by atoms with Gasteiger partial charge in [-0.25, -0.2) is 4.98 Å². The van der Waals surface area contributed by atoms with Crippen LogP contribution in [-0.2, 0) is 0 Å². The van der Waals surface area contributed by atoms with Crippen LogP contribution in [0, 0.1) is 6.92 Å². The standard InChI is InChI=1S/C13H14Cl2N4S/c1-7-13(18-6-10(19-7)9(17)5-16)20-11-4-2-3-8(14)12(11)15/h2-4,6,9H,5,16-17H2,1H3. The van der Waals surface area contributed by atoms with Crippen molar-refractivity contribution in [3.63, 3.8) is 0 Å². The van der Waals surface area contributed by atoms with Crippen LogP contribution in [0.1, 0.15) is 17.4 Å². The van der Waals surface area contributed by atoms with E-state index in [2.05, 4.69) is 9.97 Å². The van der Waals surface area contributed by atoms with E-state index in [-0.39, 0.29) is 6.04 Å². The third-order valence-electron chi connectivity index (χ3n) is 2.68. The molecule has 0 aliphatic heterocycles. The summed E-state index contributed by atoms with van der Waals surface area (Å²) in [6, 6.07) is 5.18. The maximum absolute atomic E-state index is 6.16. The van der Waals surface area contributed by atoms with Gasteiger partial charge in [0.05, 0.1) is 33.7 Å². The molecule has 2 rings (SSSR count). The smallest absolute Gasteiger partial charge is 0.122 e. The number of nitrogens with two attached hydrogens (primary N) is 2. The fourth-order valence-corrected chi connectivity index (χ4v) is 2.88. The first-order chi connectivity index (χ1) is 9.52. The molecule has 1 unspecified atom stereocenters. The van der Waals surface area contributed by atoms with E-state index >= 15 is 0 Å². The van der Waals surface area contributed by atoms with E-state index in [1.54, 1.807) is 12.3 Å². The van der Waals surface area contributed by atoms with Gasteiger partial charge < -0.3 is 11.5 Å². The van der Waals surface area contributed by atoms with Gasteiger partial charge in [-0.05, 0) is 19.1 Å². The number of hydrogen-bond acceptors (Lipinski definition) is 5. The summed E-state index contributed by atoms with van der Waals surface area (Å²) < 4.78 is 0. The largest absolute Gasteiger partial charge is 0.329 e. The normalized spacial score (nSPS) is 12.4. The zero-order valence-corrected chi connectivity index (χ0v) is 13.1. The Labute approximate surface area is 131 Å². The summed E-state index contributed by atoms with van der Waals surface area (Å²) in [6.45, 7) is 2.21. The van der Waals surface area contributed by atoms with E-state index in [0.29, 0.717) is 22.3 Å². The van der Waals surface area contributed by atoms with Crippen molar-refractivity contribution in [2.75, 3.05) is 6.54 Å². The molecule has 1 aromatic heterocycles. The van der Waals surface area contributed by atoms with Crippen LogP contribution in [0.4, 0.5) is 0 Å². The van der Waals surface area contributed by atoms with Crippen LogP contribution in [0.3, 0.4) is 0 Å². The number of nitrogens with zero attached hydrogens (tertiary/aromatic N) is 2. The van der Waals surface area contributed by atoms with Gasteiger partial charge in [0.2, 0.25) is 0 Å². The van der Waals surface area contributed by atoms with Crippen LogP contribution in [0.5, 0.6) is 0 Å². The van der Waals surface area contributed by atoms with Crippen LogP contribution in [0.25, 0.3) is 0 Å². The minimum absolute atomic E-state index is 0.296. The number of halogens is 2. The van der Waals surface area contributed by atoms with Crippen molar-refractivity contribution in [3.05, 3.63) is 45.8 Å². The molecule has 0 aliphatic carbocycles. The third-order valence-corrected chi connectivity index (χ3v) is 4.76. The van der Waals surface area contributed by atoms with Crippen molar-refractivity contribution in [2.45, 2.75) is 22.9 Å². The van der Waals surface area contributed by atoms with Gasteiger partial charge in [-0.15, -0.1) is 0 Å². The monoisotopic (exact) mass is 328 g/mol. The Morgan fingerprint density at radius 2 is 2.10 bits per heavy atom. The average Bonchev–Trinajstić information content (AvgIpc) is 2.45. The Bertz CT molecular complexity index is 621. The predicted molar refractivity (Wildman–Crippen MR) is 83.3 cm³/mol. The van der Waals surface area contributed by atoms with Crippen LogP contribution >= 0.6 is 35.0 Å². The zero-order valence-electron chi connectivity index (χ0n) is 10.8. The summed E-state index contributed by atoms with van der Waals surface area (Å²) in [5.41, 5.74) is 12.8. The third kappa shape index (κ3) is 3.42. The Balaban J connectivity index is 2.28. The fourth-order valence-electron chi connectivity index (χ4n) is 1.56. The summed E-state index contributed by atoms with van der Waals surface area (Å²) in [6.07, 6.45) is 1.64. The van der Waals surface area contributed by atoms with E-state index in [1.807, 2.05) is 19.1 Å². The van der Waals surface area contributed by atoms with E-state index in [9.17, 15) is 0 Å². The fraction of sp³-hybridized carbons (Fsp3) is 0.231. The lowest BCUT2D eigenvalue weighted by Gasteiger charge is -2.11. The van der Waals surface area contributed by atoms with Gasteiger partial charge in [-0.2, -0.15) is 0 Å². The highest BCUT2D eigenvalue weighted by Crippen LogP contribution is 2.37. The van der Waals surface area contributed by atoms with Crippen LogP contribution in [0.2, 0.25) is 10.0 Å². The SMILES string of the molecule is Cc1nc(C(N)CN)cnc1Sc1cccc(Cl)c1Cl. The van der Waals surface area contributed by atoms with Crippen LogP contribution < -0.4 is 11.5 Å². The molecule has 0 saturated carbocycles. The van der Waals surface area contributed by atoms with Gasteiger partial charge in [0.1, 0.15) is 5.03 Å². The lowest BCUT2D eigenvalue weighted by Crippen LogP contribution is -2.22. The Hall–Kier alpha value is -0.850. The van der Waals surface area contributed by atoms with Gasteiger partial charge in [0, 0.05) is 11.4 Å². The van der Waals surface area contributed by atoms with Gasteiger partial charge in [-0.1, -0.05) is 41.0 Å². The first kappa shape index (κ1) is 15.5. The molecule has 0 saturated heterocycles. The number of aryl methyl sites for hydroxylation is 1. The van der Waals surface area contributed by atoms with E-state index in [1.165, 1.54) is 11.8 Å². The highest BCUT2D eigenvalue weighted by molar-refractivity contribution is 7.99. The molecular formula is C13H14Cl2N4S. The van der Waals surface area contributed by atoms with Gasteiger partial charge in [-0.3, -0.25) is 4.98 Å². The summed E-state index contributed by atoms with van der Waals surface area (Å²) in [5.74, 6) is 0. The molecule has 0 radical (unpaired) electrons. The Kier molecular flexibility index (Phi) is 5.23. The average molecular weight is 329 g/mol. The zero-order chi connectivity index (χ0) is 14.7. The van der Waals surface area contributed by atoms with E-state index in [4.69, 9.17) is 34.7 Å². The topological polar surface area (TPSA) is 77.8 Å². The second-order valence-electron chi connectivity index (χ2n) is 4.18. The molecule has 4 nitrogen and oxygen atoms in total. The number of aromatic nitrogens is 2. The molecule has 0 aliphatic rings. The molecular weight excluding hydrogens is 315 g/mol. The van der Waals surface area contributed by atoms with E-state index < -0.39 is 0 Å². The van der Waals surface area contributed by atoms with Crippen LogP contribution in [-0.4, -0.2) is 16.5 Å².